The molecule has 0 saturated heterocycles. The van der Waals surface area contributed by atoms with Crippen LogP contribution in [0.2, 0.25) is 0 Å². The number of amides is 2. The number of carbonyl (C=O) groups excluding carboxylic acids is 1. The molecule has 0 atom stereocenters. The van der Waals surface area contributed by atoms with E-state index in [9.17, 15) is 4.79 Å². The van der Waals surface area contributed by atoms with Crippen LogP contribution in [0, 0.1) is 11.3 Å². The Bertz CT molecular complexity index is 894. The van der Waals surface area contributed by atoms with Gasteiger partial charge in [-0.2, -0.15) is 5.26 Å². The maximum absolute atomic E-state index is 11.1. The number of fused-ring (bicyclic) bond motifs is 1. The third-order valence-electron chi connectivity index (χ3n) is 3.04. The number of urea groups is 1. The van der Waals surface area contributed by atoms with Gasteiger partial charge in [0.25, 0.3) is 0 Å². The third-order valence-corrected chi connectivity index (χ3v) is 3.04. The van der Waals surface area contributed by atoms with Crippen LogP contribution in [0.4, 0.5) is 10.6 Å². The van der Waals surface area contributed by atoms with Crippen LogP contribution in [0.3, 0.4) is 0 Å². The molecule has 3 N–H and O–H groups in total. The number of para-hydroxylation sites is 2. The average molecular weight is 293 g/mol. The predicted molar refractivity (Wildman–Crippen MR) is 79.6 cm³/mol. The maximum atomic E-state index is 11.1. The highest BCUT2D eigenvalue weighted by molar-refractivity contribution is 5.91. The van der Waals surface area contributed by atoms with E-state index in [0.29, 0.717) is 11.5 Å². The number of benzene rings is 1. The van der Waals surface area contributed by atoms with Crippen LogP contribution >= 0.6 is 0 Å². The monoisotopic (exact) mass is 293 g/mol. The molecule has 0 radical (unpaired) electrons. The van der Waals surface area contributed by atoms with E-state index in [0.717, 1.165) is 11.0 Å². The molecule has 0 bridgehead atoms. The molecule has 8 heteroatoms. The van der Waals surface area contributed by atoms with Gasteiger partial charge in [-0.15, -0.1) is 0 Å². The SMILES string of the molecule is N#CCn1c(-c2nccnc2NC(N)=O)nc2ccccc21. The molecule has 0 aliphatic heterocycles. The Kier molecular flexibility index (Phi) is 3.37. The number of anilines is 1. The summed E-state index contributed by atoms with van der Waals surface area (Å²) < 4.78 is 1.71. The molecule has 3 aromatic rings. The maximum Gasteiger partial charge on any atom is 0.317 e. The molecule has 22 heavy (non-hydrogen) atoms. The van der Waals surface area contributed by atoms with Gasteiger partial charge < -0.3 is 10.3 Å². The van der Waals surface area contributed by atoms with Crippen LogP contribution in [-0.4, -0.2) is 25.6 Å². The number of rotatable bonds is 3. The lowest BCUT2D eigenvalue weighted by Gasteiger charge is -2.08. The molecule has 3 rings (SSSR count). The summed E-state index contributed by atoms with van der Waals surface area (Å²) in [4.78, 5) is 23.9. The number of aromatic nitrogens is 4. The molecule has 0 aliphatic carbocycles. The number of hydrogen-bond donors (Lipinski definition) is 2. The summed E-state index contributed by atoms with van der Waals surface area (Å²) in [5.41, 5.74) is 7.03. The molecule has 2 amide bonds. The first-order valence-electron chi connectivity index (χ1n) is 6.40. The minimum absolute atomic E-state index is 0.0996. The van der Waals surface area contributed by atoms with E-state index in [-0.39, 0.29) is 12.4 Å². The van der Waals surface area contributed by atoms with Gasteiger partial charge in [0.2, 0.25) is 0 Å². The lowest BCUT2D eigenvalue weighted by atomic mass is 10.3. The Hall–Kier alpha value is -3.47. The van der Waals surface area contributed by atoms with E-state index in [1.165, 1.54) is 12.4 Å². The first-order chi connectivity index (χ1) is 10.7. The fourth-order valence-corrected chi connectivity index (χ4v) is 2.20. The number of imidazole rings is 1. The lowest BCUT2D eigenvalue weighted by Crippen LogP contribution is -2.21. The van der Waals surface area contributed by atoms with Crippen molar-refractivity contribution in [2.45, 2.75) is 6.54 Å². The van der Waals surface area contributed by atoms with E-state index in [1.807, 2.05) is 24.3 Å². The van der Waals surface area contributed by atoms with Gasteiger partial charge in [-0.3, -0.25) is 5.32 Å². The quantitative estimate of drug-likeness (QED) is 0.757. The Labute approximate surface area is 125 Å². The first kappa shape index (κ1) is 13.5. The number of nitriles is 1. The van der Waals surface area contributed by atoms with Crippen LogP contribution < -0.4 is 11.1 Å². The zero-order valence-electron chi connectivity index (χ0n) is 11.4. The van der Waals surface area contributed by atoms with Gasteiger partial charge in [-0.05, 0) is 12.1 Å². The number of carbonyl (C=O) groups is 1. The van der Waals surface area contributed by atoms with E-state index in [2.05, 4.69) is 26.3 Å². The molecule has 0 spiro atoms. The van der Waals surface area contributed by atoms with Crippen molar-refractivity contribution < 1.29 is 4.79 Å². The molecule has 0 fully saturated rings. The van der Waals surface area contributed by atoms with E-state index < -0.39 is 6.03 Å². The second-order valence-electron chi connectivity index (χ2n) is 4.41. The summed E-state index contributed by atoms with van der Waals surface area (Å²) in [5.74, 6) is 0.643. The van der Waals surface area contributed by atoms with Gasteiger partial charge in [-0.25, -0.2) is 19.7 Å². The Morgan fingerprint density at radius 3 is 2.86 bits per heavy atom. The van der Waals surface area contributed by atoms with Gasteiger partial charge in [0, 0.05) is 12.4 Å². The zero-order chi connectivity index (χ0) is 15.5. The van der Waals surface area contributed by atoms with Crippen LogP contribution in [-0.2, 0) is 6.54 Å². The zero-order valence-corrected chi connectivity index (χ0v) is 11.4. The predicted octanol–water partition coefficient (Wildman–Crippen LogP) is 1.51. The normalized spacial score (nSPS) is 10.3. The fraction of sp³-hybridized carbons (Fsp3) is 0.0714. The second-order valence-corrected chi connectivity index (χ2v) is 4.41. The minimum Gasteiger partial charge on any atom is -0.351 e. The van der Waals surface area contributed by atoms with Crippen molar-refractivity contribution in [3.63, 3.8) is 0 Å². The van der Waals surface area contributed by atoms with E-state index in [1.54, 1.807) is 4.57 Å². The lowest BCUT2D eigenvalue weighted by molar-refractivity contribution is 0.259. The Morgan fingerprint density at radius 1 is 1.32 bits per heavy atom. The average Bonchev–Trinajstić information content (AvgIpc) is 2.87. The van der Waals surface area contributed by atoms with Crippen molar-refractivity contribution in [2.75, 3.05) is 5.32 Å². The molecule has 8 nitrogen and oxygen atoms in total. The van der Waals surface area contributed by atoms with Crippen molar-refractivity contribution in [2.24, 2.45) is 5.73 Å². The summed E-state index contributed by atoms with van der Waals surface area (Å²) in [6.07, 6.45) is 2.92. The molecule has 0 unspecified atom stereocenters. The summed E-state index contributed by atoms with van der Waals surface area (Å²) in [5, 5.41) is 11.5. The first-order valence-corrected chi connectivity index (χ1v) is 6.40. The molecule has 108 valence electrons. The van der Waals surface area contributed by atoms with Crippen molar-refractivity contribution in [1.29, 1.82) is 5.26 Å². The smallest absolute Gasteiger partial charge is 0.317 e. The van der Waals surface area contributed by atoms with Crippen LogP contribution in [0.5, 0.6) is 0 Å². The molecule has 2 aromatic heterocycles. The summed E-state index contributed by atoms with van der Waals surface area (Å²) in [6, 6.07) is 8.77. The molecule has 0 saturated carbocycles. The van der Waals surface area contributed by atoms with Crippen LogP contribution in [0.25, 0.3) is 22.6 Å². The largest absolute Gasteiger partial charge is 0.351 e. The van der Waals surface area contributed by atoms with Crippen molar-refractivity contribution >= 4 is 22.9 Å². The van der Waals surface area contributed by atoms with Gasteiger partial charge in [-0.1, -0.05) is 12.1 Å². The van der Waals surface area contributed by atoms with E-state index >= 15 is 0 Å². The molecular formula is C14H11N7O. The van der Waals surface area contributed by atoms with Crippen molar-refractivity contribution in [1.82, 2.24) is 19.5 Å². The van der Waals surface area contributed by atoms with Crippen LogP contribution in [0.15, 0.2) is 36.7 Å². The Morgan fingerprint density at radius 2 is 2.09 bits per heavy atom. The van der Waals surface area contributed by atoms with Gasteiger partial charge in [0.15, 0.2) is 11.6 Å². The fourth-order valence-electron chi connectivity index (χ4n) is 2.20. The number of nitrogens with zero attached hydrogens (tertiary/aromatic N) is 5. The second kappa shape index (κ2) is 5.49. The number of hydrogen-bond acceptors (Lipinski definition) is 5. The highest BCUT2D eigenvalue weighted by Gasteiger charge is 2.18. The summed E-state index contributed by atoms with van der Waals surface area (Å²) in [7, 11) is 0. The molecular weight excluding hydrogens is 282 g/mol. The molecule has 1 aromatic carbocycles. The Balaban J connectivity index is 2.24. The minimum atomic E-state index is -0.746. The van der Waals surface area contributed by atoms with Gasteiger partial charge >= 0.3 is 6.03 Å². The number of nitrogens with one attached hydrogen (secondary N) is 1. The van der Waals surface area contributed by atoms with Crippen LogP contribution in [0.1, 0.15) is 0 Å². The molecule has 0 aliphatic rings. The highest BCUT2D eigenvalue weighted by Crippen LogP contribution is 2.27. The summed E-state index contributed by atoms with van der Waals surface area (Å²) in [6.45, 7) is 0.0996. The third kappa shape index (κ3) is 2.31. The number of primary amides is 1. The summed E-state index contributed by atoms with van der Waals surface area (Å²) >= 11 is 0. The number of nitrogens with two attached hydrogens (primary N) is 1. The molecule has 2 heterocycles. The van der Waals surface area contributed by atoms with Gasteiger partial charge in [0.05, 0.1) is 17.1 Å². The standard InChI is InChI=1S/C14H11N7O/c15-5-8-21-10-4-2-1-3-9(10)19-13(21)11-12(20-14(16)22)18-7-6-17-11/h1-4,6-7H,8H2,(H3,16,18,20,22). The van der Waals surface area contributed by atoms with Crippen molar-refractivity contribution in [3.8, 4) is 17.6 Å². The van der Waals surface area contributed by atoms with E-state index in [4.69, 9.17) is 11.0 Å². The van der Waals surface area contributed by atoms with Crippen molar-refractivity contribution in [3.05, 3.63) is 36.7 Å². The topological polar surface area (TPSA) is 123 Å². The van der Waals surface area contributed by atoms with Gasteiger partial charge in [0.1, 0.15) is 12.2 Å². The highest BCUT2D eigenvalue weighted by atomic mass is 16.2.